The number of para-hydroxylation sites is 3. The molecular formula is C22H19NO5. The molecule has 6 heteroatoms. The van der Waals surface area contributed by atoms with Crippen LogP contribution in [0.5, 0.6) is 11.5 Å². The van der Waals surface area contributed by atoms with E-state index in [0.717, 1.165) is 0 Å². The van der Waals surface area contributed by atoms with Crippen molar-refractivity contribution in [1.29, 1.82) is 0 Å². The zero-order valence-corrected chi connectivity index (χ0v) is 15.5. The number of methoxy groups -OCH3 is 2. The Kier molecular flexibility index (Phi) is 5.91. The van der Waals surface area contributed by atoms with Gasteiger partial charge in [0.15, 0.2) is 5.75 Å². The quantitative estimate of drug-likeness (QED) is 0.622. The van der Waals surface area contributed by atoms with Crippen molar-refractivity contribution in [3.8, 4) is 11.5 Å². The first-order chi connectivity index (χ1) is 13.6. The predicted molar refractivity (Wildman–Crippen MR) is 105 cm³/mol. The number of esters is 2. The molecule has 0 spiro atoms. The first-order valence-corrected chi connectivity index (χ1v) is 8.52. The third kappa shape index (κ3) is 4.12. The third-order valence-corrected chi connectivity index (χ3v) is 3.99. The first kappa shape index (κ1) is 19.0. The van der Waals surface area contributed by atoms with E-state index in [0.29, 0.717) is 22.9 Å². The minimum atomic E-state index is -0.648. The summed E-state index contributed by atoms with van der Waals surface area (Å²) in [5, 5.41) is 3.16. The summed E-state index contributed by atoms with van der Waals surface area (Å²) in [6.07, 6.45) is 0. The number of anilines is 2. The molecule has 0 aliphatic rings. The summed E-state index contributed by atoms with van der Waals surface area (Å²) in [7, 11) is 2.51. The molecule has 0 saturated carbocycles. The first-order valence-electron chi connectivity index (χ1n) is 8.52. The summed E-state index contributed by atoms with van der Waals surface area (Å²) >= 11 is 0. The minimum absolute atomic E-state index is 0.0892. The summed E-state index contributed by atoms with van der Waals surface area (Å²) in [5.41, 5.74) is 1.23. The van der Waals surface area contributed by atoms with Crippen LogP contribution in [0.15, 0.2) is 72.8 Å². The molecule has 1 N–H and O–H groups in total. The molecule has 0 bridgehead atoms. The molecule has 3 rings (SSSR count). The number of hydrogen-bond acceptors (Lipinski definition) is 6. The Morgan fingerprint density at radius 3 is 2.07 bits per heavy atom. The molecule has 3 aromatic rings. The molecule has 0 aliphatic heterocycles. The van der Waals surface area contributed by atoms with Gasteiger partial charge in [-0.2, -0.15) is 0 Å². The maximum atomic E-state index is 12.3. The van der Waals surface area contributed by atoms with E-state index in [1.807, 2.05) is 48.5 Å². The van der Waals surface area contributed by atoms with E-state index in [4.69, 9.17) is 14.2 Å². The van der Waals surface area contributed by atoms with Gasteiger partial charge in [-0.25, -0.2) is 9.59 Å². The van der Waals surface area contributed by atoms with Crippen molar-refractivity contribution in [2.45, 2.75) is 0 Å². The van der Waals surface area contributed by atoms with Crippen LogP contribution in [0.25, 0.3) is 0 Å². The number of carbonyl (C=O) groups excluding carboxylic acids is 2. The van der Waals surface area contributed by atoms with Crippen molar-refractivity contribution < 1.29 is 23.8 Å². The monoisotopic (exact) mass is 377 g/mol. The second-order valence-corrected chi connectivity index (χ2v) is 5.75. The Balaban J connectivity index is 2.01. The largest absolute Gasteiger partial charge is 0.465 e. The van der Waals surface area contributed by atoms with E-state index in [-0.39, 0.29) is 11.1 Å². The predicted octanol–water partition coefficient (Wildman–Crippen LogP) is 4.80. The second-order valence-electron chi connectivity index (χ2n) is 5.75. The molecule has 0 heterocycles. The Bertz CT molecular complexity index is 985. The summed E-state index contributed by atoms with van der Waals surface area (Å²) < 4.78 is 15.6. The molecule has 142 valence electrons. The van der Waals surface area contributed by atoms with E-state index >= 15 is 0 Å². The maximum absolute atomic E-state index is 12.3. The summed E-state index contributed by atoms with van der Waals surface area (Å²) in [5.74, 6) is -0.0379. The highest BCUT2D eigenvalue weighted by Crippen LogP contribution is 2.33. The molecule has 0 radical (unpaired) electrons. The molecule has 0 aliphatic carbocycles. The van der Waals surface area contributed by atoms with Crippen LogP contribution in [0.3, 0.4) is 0 Å². The summed E-state index contributed by atoms with van der Waals surface area (Å²) in [6, 6.07) is 21.5. The van der Waals surface area contributed by atoms with Crippen molar-refractivity contribution in [3.63, 3.8) is 0 Å². The minimum Gasteiger partial charge on any atom is -0.465 e. The van der Waals surface area contributed by atoms with Crippen molar-refractivity contribution in [2.75, 3.05) is 19.5 Å². The number of rotatable bonds is 6. The highest BCUT2D eigenvalue weighted by molar-refractivity contribution is 6.07. The van der Waals surface area contributed by atoms with Gasteiger partial charge >= 0.3 is 11.9 Å². The van der Waals surface area contributed by atoms with Gasteiger partial charge in [0.1, 0.15) is 5.75 Å². The SMILES string of the molecule is COC(=O)c1cccc(Nc2ccccc2Oc2ccccc2)c1C(=O)OC. The molecule has 0 aromatic heterocycles. The number of hydrogen-bond donors (Lipinski definition) is 1. The number of carbonyl (C=O) groups is 2. The van der Waals surface area contributed by atoms with Crippen LogP contribution in [0.4, 0.5) is 11.4 Å². The molecule has 0 atom stereocenters. The van der Waals surface area contributed by atoms with E-state index in [2.05, 4.69) is 5.32 Å². The van der Waals surface area contributed by atoms with Crippen LogP contribution in [0, 0.1) is 0 Å². The maximum Gasteiger partial charge on any atom is 0.340 e. The summed E-state index contributed by atoms with van der Waals surface area (Å²) in [4.78, 5) is 24.4. The molecule has 0 amide bonds. The van der Waals surface area contributed by atoms with E-state index in [1.165, 1.54) is 20.3 Å². The lowest BCUT2D eigenvalue weighted by atomic mass is 10.0. The van der Waals surface area contributed by atoms with E-state index in [9.17, 15) is 9.59 Å². The molecule has 28 heavy (non-hydrogen) atoms. The Labute approximate surface area is 162 Å². The van der Waals surface area contributed by atoms with Gasteiger partial charge in [0, 0.05) is 0 Å². The van der Waals surface area contributed by atoms with Crippen molar-refractivity contribution >= 4 is 23.3 Å². The third-order valence-electron chi connectivity index (χ3n) is 3.99. The number of nitrogens with one attached hydrogen (secondary N) is 1. The molecule has 6 nitrogen and oxygen atoms in total. The van der Waals surface area contributed by atoms with Gasteiger partial charge in [-0.05, 0) is 36.4 Å². The fourth-order valence-electron chi connectivity index (χ4n) is 2.68. The van der Waals surface area contributed by atoms with Crippen LogP contribution in [-0.2, 0) is 9.47 Å². The zero-order chi connectivity index (χ0) is 19.9. The standard InChI is InChI=1S/C22H19NO5/c1-26-21(24)16-11-8-13-18(20(16)22(25)27-2)23-17-12-6-7-14-19(17)28-15-9-4-3-5-10-15/h3-14,23H,1-2H3. The van der Waals surface area contributed by atoms with Gasteiger partial charge in [-0.1, -0.05) is 36.4 Å². The lowest BCUT2D eigenvalue weighted by Gasteiger charge is -2.16. The fraction of sp³-hybridized carbons (Fsp3) is 0.0909. The normalized spacial score (nSPS) is 10.1. The zero-order valence-electron chi connectivity index (χ0n) is 15.5. The average Bonchev–Trinajstić information content (AvgIpc) is 2.74. The average molecular weight is 377 g/mol. The van der Waals surface area contributed by atoms with E-state index < -0.39 is 11.9 Å². The lowest BCUT2D eigenvalue weighted by molar-refractivity contribution is 0.0556. The Morgan fingerprint density at radius 2 is 1.36 bits per heavy atom. The highest BCUT2D eigenvalue weighted by atomic mass is 16.5. The molecule has 0 fully saturated rings. The molecular weight excluding hydrogens is 358 g/mol. The van der Waals surface area contributed by atoms with Crippen molar-refractivity contribution in [1.82, 2.24) is 0 Å². The molecule has 3 aromatic carbocycles. The Hall–Kier alpha value is -3.80. The van der Waals surface area contributed by atoms with E-state index in [1.54, 1.807) is 18.2 Å². The lowest BCUT2D eigenvalue weighted by Crippen LogP contribution is -2.14. The molecule has 0 saturated heterocycles. The van der Waals surface area contributed by atoms with Crippen LogP contribution < -0.4 is 10.1 Å². The van der Waals surface area contributed by atoms with Gasteiger partial charge in [0.05, 0.1) is 36.7 Å². The Morgan fingerprint density at radius 1 is 0.714 bits per heavy atom. The highest BCUT2D eigenvalue weighted by Gasteiger charge is 2.22. The van der Waals surface area contributed by atoms with Gasteiger partial charge in [0.25, 0.3) is 0 Å². The van der Waals surface area contributed by atoms with Gasteiger partial charge in [-0.3, -0.25) is 0 Å². The van der Waals surface area contributed by atoms with Crippen LogP contribution in [-0.4, -0.2) is 26.2 Å². The van der Waals surface area contributed by atoms with Gasteiger partial charge in [0.2, 0.25) is 0 Å². The number of ether oxygens (including phenoxy) is 3. The van der Waals surface area contributed by atoms with Crippen molar-refractivity contribution in [2.24, 2.45) is 0 Å². The second kappa shape index (κ2) is 8.73. The topological polar surface area (TPSA) is 73.9 Å². The van der Waals surface area contributed by atoms with Gasteiger partial charge in [-0.15, -0.1) is 0 Å². The van der Waals surface area contributed by atoms with Crippen LogP contribution in [0.1, 0.15) is 20.7 Å². The van der Waals surface area contributed by atoms with Gasteiger partial charge < -0.3 is 19.5 Å². The van der Waals surface area contributed by atoms with Crippen LogP contribution in [0.2, 0.25) is 0 Å². The molecule has 0 unspecified atom stereocenters. The number of benzene rings is 3. The summed E-state index contributed by atoms with van der Waals surface area (Å²) in [6.45, 7) is 0. The van der Waals surface area contributed by atoms with Crippen molar-refractivity contribution in [3.05, 3.63) is 83.9 Å². The van der Waals surface area contributed by atoms with Crippen LogP contribution >= 0.6 is 0 Å². The fourth-order valence-corrected chi connectivity index (χ4v) is 2.68. The smallest absolute Gasteiger partial charge is 0.340 e.